The molecule has 156 valence electrons. The van der Waals surface area contributed by atoms with E-state index < -0.39 is 0 Å². The Morgan fingerprint density at radius 1 is 1.06 bits per heavy atom. The molecule has 0 fully saturated rings. The summed E-state index contributed by atoms with van der Waals surface area (Å²) in [5.41, 5.74) is 5.28. The summed E-state index contributed by atoms with van der Waals surface area (Å²) in [5.74, 6) is 1.48. The van der Waals surface area contributed by atoms with Crippen molar-refractivity contribution >= 4 is 27.5 Å². The summed E-state index contributed by atoms with van der Waals surface area (Å²) in [6.07, 6.45) is 2.19. The summed E-state index contributed by atoms with van der Waals surface area (Å²) >= 11 is 3.45. The summed E-state index contributed by atoms with van der Waals surface area (Å²) in [7, 11) is 1.65. The summed E-state index contributed by atoms with van der Waals surface area (Å²) in [6, 6.07) is 19.3. The Balaban J connectivity index is 1.78. The predicted octanol–water partition coefficient (Wildman–Crippen LogP) is 5.93. The van der Waals surface area contributed by atoms with E-state index in [1.165, 1.54) is 0 Å². The molecule has 2 aromatic heterocycles. The number of amides is 1. The van der Waals surface area contributed by atoms with Crippen molar-refractivity contribution in [3.8, 4) is 39.7 Å². The van der Waals surface area contributed by atoms with Gasteiger partial charge < -0.3 is 15.0 Å². The number of benzene rings is 2. The maximum atomic E-state index is 11.6. The number of carbonyl (C=O) groups excluding carboxylic acids is 1. The van der Waals surface area contributed by atoms with E-state index in [9.17, 15) is 4.79 Å². The lowest BCUT2D eigenvalue weighted by Crippen LogP contribution is -2.09. The molecule has 0 bridgehead atoms. The molecule has 0 spiro atoms. The zero-order valence-electron chi connectivity index (χ0n) is 17.1. The number of halogens is 1. The molecule has 0 aliphatic carbocycles. The van der Waals surface area contributed by atoms with Crippen LogP contribution in [0.5, 0.6) is 5.75 Å². The number of nitrogens with one attached hydrogen (secondary N) is 2. The summed E-state index contributed by atoms with van der Waals surface area (Å²) < 4.78 is 6.14. The molecule has 31 heavy (non-hydrogen) atoms. The van der Waals surface area contributed by atoms with Crippen molar-refractivity contribution in [2.45, 2.75) is 13.3 Å². The second-order valence-corrected chi connectivity index (χ2v) is 7.70. The number of hydrogen-bond donors (Lipinski definition) is 2. The van der Waals surface area contributed by atoms with Crippen molar-refractivity contribution in [1.29, 1.82) is 0 Å². The number of aromatic amines is 1. The number of ether oxygens (including phenoxy) is 1. The van der Waals surface area contributed by atoms with Gasteiger partial charge in [0.25, 0.3) is 0 Å². The van der Waals surface area contributed by atoms with E-state index in [-0.39, 0.29) is 5.91 Å². The van der Waals surface area contributed by atoms with Crippen LogP contribution in [0.3, 0.4) is 0 Å². The number of anilines is 1. The first kappa shape index (κ1) is 20.8. The summed E-state index contributed by atoms with van der Waals surface area (Å²) in [5, 5.41) is 2.86. The molecule has 4 aromatic rings. The number of nitrogens with zero attached hydrogens (tertiary/aromatic N) is 2. The van der Waals surface area contributed by atoms with Crippen LogP contribution in [0.1, 0.15) is 13.3 Å². The second-order valence-electron chi connectivity index (χ2n) is 6.89. The van der Waals surface area contributed by atoms with Crippen LogP contribution in [-0.2, 0) is 4.79 Å². The van der Waals surface area contributed by atoms with Crippen LogP contribution in [0.2, 0.25) is 0 Å². The third-order valence-electron chi connectivity index (χ3n) is 4.83. The molecule has 0 saturated carbocycles. The largest absolute Gasteiger partial charge is 0.497 e. The zero-order valence-corrected chi connectivity index (χ0v) is 18.7. The van der Waals surface area contributed by atoms with Gasteiger partial charge in [-0.05, 0) is 64.5 Å². The lowest BCUT2D eigenvalue weighted by atomic mass is 10.1. The van der Waals surface area contributed by atoms with E-state index >= 15 is 0 Å². The second kappa shape index (κ2) is 9.14. The van der Waals surface area contributed by atoms with E-state index in [4.69, 9.17) is 9.72 Å². The van der Waals surface area contributed by atoms with E-state index in [0.29, 0.717) is 6.42 Å². The van der Waals surface area contributed by atoms with Gasteiger partial charge in [-0.2, -0.15) is 0 Å². The highest BCUT2D eigenvalue weighted by Crippen LogP contribution is 2.35. The minimum atomic E-state index is -0.0170. The van der Waals surface area contributed by atoms with Crippen LogP contribution in [0, 0.1) is 0 Å². The van der Waals surface area contributed by atoms with E-state index in [1.54, 1.807) is 13.3 Å². The van der Waals surface area contributed by atoms with Crippen molar-refractivity contribution in [2.24, 2.45) is 0 Å². The van der Waals surface area contributed by atoms with E-state index in [0.717, 1.165) is 49.9 Å². The van der Waals surface area contributed by atoms with Gasteiger partial charge >= 0.3 is 0 Å². The number of H-pyrrole nitrogens is 1. The number of hydrogen-bond acceptors (Lipinski definition) is 4. The Labute approximate surface area is 188 Å². The normalized spacial score (nSPS) is 10.7. The monoisotopic (exact) mass is 476 g/mol. The topological polar surface area (TPSA) is 79.9 Å². The Morgan fingerprint density at radius 2 is 1.87 bits per heavy atom. The molecule has 2 aromatic carbocycles. The van der Waals surface area contributed by atoms with Gasteiger partial charge in [0.05, 0.1) is 18.5 Å². The van der Waals surface area contributed by atoms with Crippen LogP contribution in [0.15, 0.2) is 71.5 Å². The predicted molar refractivity (Wildman–Crippen MR) is 126 cm³/mol. The Kier molecular flexibility index (Phi) is 6.13. The maximum absolute atomic E-state index is 11.6. The highest BCUT2D eigenvalue weighted by molar-refractivity contribution is 9.10. The van der Waals surface area contributed by atoms with Gasteiger partial charge in [-0.3, -0.25) is 4.79 Å². The lowest BCUT2D eigenvalue weighted by molar-refractivity contribution is -0.115. The maximum Gasteiger partial charge on any atom is 0.224 e. The third kappa shape index (κ3) is 4.67. The molecule has 2 N–H and O–H groups in total. The molecule has 1 amide bonds. The Hall–Kier alpha value is -3.45. The van der Waals surface area contributed by atoms with Crippen molar-refractivity contribution < 1.29 is 9.53 Å². The summed E-state index contributed by atoms with van der Waals surface area (Å²) in [6.45, 7) is 1.83. The molecular weight excluding hydrogens is 456 g/mol. The number of imidazole rings is 1. The average molecular weight is 477 g/mol. The van der Waals surface area contributed by atoms with Gasteiger partial charge in [0.15, 0.2) is 0 Å². The molecule has 0 aliphatic rings. The first-order valence-corrected chi connectivity index (χ1v) is 10.6. The van der Waals surface area contributed by atoms with Gasteiger partial charge in [0, 0.05) is 35.0 Å². The number of methoxy groups -OCH3 is 1. The van der Waals surface area contributed by atoms with Crippen LogP contribution >= 0.6 is 15.9 Å². The standard InChI is InChI=1S/C24H21BrN4O2/c1-3-21(30)27-18-9-7-15(8-10-18)24-28-22(16-5-4-6-19(13-16)31-2)23(29-24)17-11-12-26-20(25)14-17/h4-14H,3H2,1-2H3,(H,27,30)(H,28,29). The lowest BCUT2D eigenvalue weighted by Gasteiger charge is -2.05. The molecule has 0 saturated heterocycles. The molecule has 4 rings (SSSR count). The van der Waals surface area contributed by atoms with Crippen molar-refractivity contribution in [2.75, 3.05) is 12.4 Å². The molecule has 0 radical (unpaired) electrons. The van der Waals surface area contributed by atoms with Crippen LogP contribution in [0.25, 0.3) is 33.9 Å². The molecule has 0 aliphatic heterocycles. The molecular formula is C24H21BrN4O2. The van der Waals surface area contributed by atoms with Gasteiger partial charge in [-0.15, -0.1) is 0 Å². The molecule has 0 atom stereocenters. The molecule has 7 heteroatoms. The van der Waals surface area contributed by atoms with Gasteiger partial charge in [-0.1, -0.05) is 19.1 Å². The Bertz CT molecular complexity index is 1220. The SMILES string of the molecule is CCC(=O)Nc1ccc(-c2nc(-c3cccc(OC)c3)c(-c3ccnc(Br)c3)[nH]2)cc1. The number of rotatable bonds is 6. The molecule has 0 unspecified atom stereocenters. The fourth-order valence-electron chi connectivity index (χ4n) is 3.22. The van der Waals surface area contributed by atoms with Gasteiger partial charge in [0.2, 0.25) is 5.91 Å². The first-order valence-electron chi connectivity index (χ1n) is 9.84. The van der Waals surface area contributed by atoms with Crippen LogP contribution < -0.4 is 10.1 Å². The highest BCUT2D eigenvalue weighted by atomic mass is 79.9. The minimum Gasteiger partial charge on any atom is -0.497 e. The van der Waals surface area contributed by atoms with Gasteiger partial charge in [-0.25, -0.2) is 9.97 Å². The van der Waals surface area contributed by atoms with E-state index in [2.05, 4.69) is 31.2 Å². The van der Waals surface area contributed by atoms with Gasteiger partial charge in [0.1, 0.15) is 16.2 Å². The van der Waals surface area contributed by atoms with Crippen LogP contribution in [0.4, 0.5) is 5.69 Å². The number of pyridine rings is 1. The average Bonchev–Trinajstić information content (AvgIpc) is 3.25. The third-order valence-corrected chi connectivity index (χ3v) is 5.26. The van der Waals surface area contributed by atoms with Crippen molar-refractivity contribution in [3.63, 3.8) is 0 Å². The van der Waals surface area contributed by atoms with E-state index in [1.807, 2.05) is 67.6 Å². The smallest absolute Gasteiger partial charge is 0.224 e. The molecule has 6 nitrogen and oxygen atoms in total. The fourth-order valence-corrected chi connectivity index (χ4v) is 3.58. The van der Waals surface area contributed by atoms with Crippen molar-refractivity contribution in [1.82, 2.24) is 15.0 Å². The number of carbonyl (C=O) groups is 1. The zero-order chi connectivity index (χ0) is 21.8. The Morgan fingerprint density at radius 3 is 2.58 bits per heavy atom. The van der Waals surface area contributed by atoms with Crippen LogP contribution in [-0.4, -0.2) is 28.0 Å². The molecule has 2 heterocycles. The minimum absolute atomic E-state index is 0.0170. The highest BCUT2D eigenvalue weighted by Gasteiger charge is 2.16. The van der Waals surface area contributed by atoms with Crippen molar-refractivity contribution in [3.05, 3.63) is 71.5 Å². The first-order chi connectivity index (χ1) is 15.1. The quantitative estimate of drug-likeness (QED) is 0.338. The summed E-state index contributed by atoms with van der Waals surface area (Å²) in [4.78, 5) is 24.2. The number of aromatic nitrogens is 3. The fraction of sp³-hybridized carbons (Fsp3) is 0.125.